The number of ether oxygens (including phenoxy) is 1. The third kappa shape index (κ3) is 3.39. The largest absolute Gasteiger partial charge is 0.458 e. The van der Waals surface area contributed by atoms with Crippen molar-refractivity contribution in [2.75, 3.05) is 0 Å². The van der Waals surface area contributed by atoms with Crippen LogP contribution in [0.15, 0.2) is 30.3 Å². The number of hydrogen-bond acceptors (Lipinski definition) is 2. The van der Waals surface area contributed by atoms with Crippen LogP contribution < -0.4 is 0 Å². The molecule has 0 saturated heterocycles. The molecule has 0 aliphatic heterocycles. The van der Waals surface area contributed by atoms with Crippen LogP contribution >= 0.6 is 0 Å². The van der Waals surface area contributed by atoms with Crippen LogP contribution in [0, 0.1) is 5.92 Å². The van der Waals surface area contributed by atoms with E-state index in [0.29, 0.717) is 0 Å². The maximum atomic E-state index is 11.5. The van der Waals surface area contributed by atoms with Crippen LogP contribution in [0.25, 0.3) is 0 Å². The Morgan fingerprint density at radius 2 is 1.87 bits per heavy atom. The van der Waals surface area contributed by atoms with E-state index in [2.05, 4.69) is 0 Å². The Hall–Kier alpha value is -1.31. The first-order chi connectivity index (χ1) is 7.15. The maximum absolute atomic E-state index is 11.5. The number of benzene rings is 1. The fourth-order valence-corrected chi connectivity index (χ4v) is 1.25. The molecule has 82 valence electrons. The van der Waals surface area contributed by atoms with Crippen LogP contribution in [-0.4, -0.2) is 5.97 Å². The van der Waals surface area contributed by atoms with Crippen LogP contribution in [0.1, 0.15) is 38.9 Å². The Morgan fingerprint density at radius 1 is 1.27 bits per heavy atom. The molecule has 0 radical (unpaired) electrons. The highest BCUT2D eigenvalue weighted by molar-refractivity contribution is 5.72. The van der Waals surface area contributed by atoms with Crippen LogP contribution in [0.5, 0.6) is 0 Å². The first-order valence-corrected chi connectivity index (χ1v) is 5.40. The molecule has 0 amide bonds. The lowest BCUT2D eigenvalue weighted by atomic mass is 10.1. The summed E-state index contributed by atoms with van der Waals surface area (Å²) >= 11 is 0. The van der Waals surface area contributed by atoms with E-state index in [-0.39, 0.29) is 18.0 Å². The number of carbonyl (C=O) groups excluding carboxylic acids is 1. The number of rotatable bonds is 4. The van der Waals surface area contributed by atoms with E-state index in [0.717, 1.165) is 12.0 Å². The third-order valence-electron chi connectivity index (χ3n) is 2.58. The monoisotopic (exact) mass is 206 g/mol. The highest BCUT2D eigenvalue weighted by atomic mass is 16.5. The van der Waals surface area contributed by atoms with Crippen LogP contribution in [-0.2, 0) is 9.53 Å². The molecule has 2 nitrogen and oxygen atoms in total. The summed E-state index contributed by atoms with van der Waals surface area (Å²) in [6, 6.07) is 9.78. The lowest BCUT2D eigenvalue weighted by Crippen LogP contribution is -2.16. The molecule has 15 heavy (non-hydrogen) atoms. The minimum atomic E-state index is -0.160. The Kier molecular flexibility index (Phi) is 4.35. The van der Waals surface area contributed by atoms with E-state index < -0.39 is 0 Å². The van der Waals surface area contributed by atoms with Crippen molar-refractivity contribution in [3.63, 3.8) is 0 Å². The lowest BCUT2D eigenvalue weighted by Gasteiger charge is -2.16. The zero-order chi connectivity index (χ0) is 11.3. The van der Waals surface area contributed by atoms with Gasteiger partial charge in [-0.2, -0.15) is 0 Å². The topological polar surface area (TPSA) is 26.3 Å². The molecule has 0 aliphatic rings. The number of hydrogen-bond donors (Lipinski definition) is 0. The van der Waals surface area contributed by atoms with Crippen molar-refractivity contribution in [2.45, 2.75) is 33.3 Å². The normalized spacial score (nSPS) is 14.3. The van der Waals surface area contributed by atoms with Gasteiger partial charge in [0.25, 0.3) is 0 Å². The molecule has 2 heteroatoms. The predicted octanol–water partition coefficient (Wildman–Crippen LogP) is 3.34. The van der Waals surface area contributed by atoms with Gasteiger partial charge in [0.05, 0.1) is 5.92 Å². The van der Waals surface area contributed by atoms with Crippen molar-refractivity contribution in [3.05, 3.63) is 35.9 Å². The fourth-order valence-electron chi connectivity index (χ4n) is 1.25. The maximum Gasteiger partial charge on any atom is 0.309 e. The van der Waals surface area contributed by atoms with Crippen LogP contribution in [0.2, 0.25) is 0 Å². The Labute approximate surface area is 91.3 Å². The molecular formula is C13H18O2. The van der Waals surface area contributed by atoms with E-state index in [4.69, 9.17) is 4.74 Å². The van der Waals surface area contributed by atoms with Gasteiger partial charge in [-0.3, -0.25) is 4.79 Å². The molecular weight excluding hydrogens is 188 g/mol. The minimum Gasteiger partial charge on any atom is -0.458 e. The van der Waals surface area contributed by atoms with Gasteiger partial charge in [-0.25, -0.2) is 0 Å². The summed E-state index contributed by atoms with van der Waals surface area (Å²) in [4.78, 5) is 11.5. The fraction of sp³-hybridized carbons (Fsp3) is 0.462. The average Bonchev–Trinajstić information content (AvgIpc) is 2.29. The summed E-state index contributed by atoms with van der Waals surface area (Å²) in [5.41, 5.74) is 1.04. The summed E-state index contributed by atoms with van der Waals surface area (Å²) in [5, 5.41) is 0. The van der Waals surface area contributed by atoms with E-state index >= 15 is 0 Å². The predicted molar refractivity (Wildman–Crippen MR) is 60.4 cm³/mol. The van der Waals surface area contributed by atoms with E-state index in [1.807, 2.05) is 51.1 Å². The number of esters is 1. The molecule has 2 atom stereocenters. The van der Waals surface area contributed by atoms with Crippen molar-refractivity contribution in [1.29, 1.82) is 0 Å². The molecule has 0 bridgehead atoms. The Balaban J connectivity index is 2.56. The van der Waals surface area contributed by atoms with Crippen molar-refractivity contribution in [1.82, 2.24) is 0 Å². The van der Waals surface area contributed by atoms with Gasteiger partial charge in [0.2, 0.25) is 0 Å². The van der Waals surface area contributed by atoms with Gasteiger partial charge in [0, 0.05) is 0 Å². The molecule has 0 N–H and O–H groups in total. The van der Waals surface area contributed by atoms with E-state index in [1.165, 1.54) is 0 Å². The molecule has 1 aromatic carbocycles. The molecule has 1 rings (SSSR count). The molecule has 0 aromatic heterocycles. The molecule has 0 fully saturated rings. The van der Waals surface area contributed by atoms with Crippen molar-refractivity contribution in [2.24, 2.45) is 5.92 Å². The van der Waals surface area contributed by atoms with Gasteiger partial charge >= 0.3 is 5.97 Å². The van der Waals surface area contributed by atoms with E-state index in [9.17, 15) is 4.79 Å². The van der Waals surface area contributed by atoms with Gasteiger partial charge < -0.3 is 4.74 Å². The van der Waals surface area contributed by atoms with Gasteiger partial charge in [-0.1, -0.05) is 44.2 Å². The lowest BCUT2D eigenvalue weighted by molar-refractivity contribution is -0.153. The smallest absolute Gasteiger partial charge is 0.309 e. The minimum absolute atomic E-state index is 0.0174. The van der Waals surface area contributed by atoms with Crippen molar-refractivity contribution < 1.29 is 9.53 Å². The highest BCUT2D eigenvalue weighted by Gasteiger charge is 2.16. The number of carbonyl (C=O) groups is 1. The summed E-state index contributed by atoms with van der Waals surface area (Å²) in [6.45, 7) is 5.77. The molecule has 0 unspecified atom stereocenters. The van der Waals surface area contributed by atoms with E-state index in [1.54, 1.807) is 0 Å². The van der Waals surface area contributed by atoms with Crippen LogP contribution in [0.3, 0.4) is 0 Å². The summed E-state index contributed by atoms with van der Waals surface area (Å²) in [7, 11) is 0. The van der Waals surface area contributed by atoms with Crippen molar-refractivity contribution >= 4 is 5.97 Å². The van der Waals surface area contributed by atoms with Gasteiger partial charge in [0.15, 0.2) is 0 Å². The molecule has 1 aromatic rings. The zero-order valence-corrected chi connectivity index (χ0v) is 9.57. The third-order valence-corrected chi connectivity index (χ3v) is 2.58. The first kappa shape index (κ1) is 11.8. The highest BCUT2D eigenvalue weighted by Crippen LogP contribution is 2.18. The van der Waals surface area contributed by atoms with Gasteiger partial charge in [0.1, 0.15) is 6.10 Å². The molecule has 0 aliphatic carbocycles. The summed E-state index contributed by atoms with van der Waals surface area (Å²) < 4.78 is 5.35. The second-order valence-electron chi connectivity index (χ2n) is 3.80. The second-order valence-corrected chi connectivity index (χ2v) is 3.80. The summed E-state index contributed by atoms with van der Waals surface area (Å²) in [6.07, 6.45) is 0.660. The Morgan fingerprint density at radius 3 is 2.40 bits per heavy atom. The molecule has 0 saturated carbocycles. The van der Waals surface area contributed by atoms with Gasteiger partial charge in [-0.15, -0.1) is 0 Å². The standard InChI is InChI=1S/C13H18O2/c1-4-10(2)13(14)15-11(3)12-8-6-5-7-9-12/h5-11H,4H2,1-3H3/t10-,11-/m1/s1. The second kappa shape index (κ2) is 5.54. The average molecular weight is 206 g/mol. The Bertz CT molecular complexity index is 306. The van der Waals surface area contributed by atoms with Crippen LogP contribution in [0.4, 0.5) is 0 Å². The molecule has 0 spiro atoms. The summed E-state index contributed by atoms with van der Waals surface area (Å²) in [5.74, 6) is -0.134. The zero-order valence-electron chi connectivity index (χ0n) is 9.57. The molecule has 0 heterocycles. The van der Waals surface area contributed by atoms with Crippen molar-refractivity contribution in [3.8, 4) is 0 Å². The van der Waals surface area contributed by atoms with Gasteiger partial charge in [-0.05, 0) is 18.9 Å². The first-order valence-electron chi connectivity index (χ1n) is 5.40. The quantitative estimate of drug-likeness (QED) is 0.706. The SMILES string of the molecule is CC[C@@H](C)C(=O)O[C@H](C)c1ccccc1.